The highest BCUT2D eigenvalue weighted by Gasteiger charge is 2.09. The van der Waals surface area contributed by atoms with E-state index in [1.807, 2.05) is 19.1 Å². The van der Waals surface area contributed by atoms with Gasteiger partial charge in [-0.1, -0.05) is 35.8 Å². The monoisotopic (exact) mass is 279 g/mol. The first kappa shape index (κ1) is 14.0. The van der Waals surface area contributed by atoms with Gasteiger partial charge >= 0.3 is 0 Å². The zero-order valence-corrected chi connectivity index (χ0v) is 11.9. The van der Waals surface area contributed by atoms with Crippen molar-refractivity contribution in [3.8, 4) is 0 Å². The molecular formula is C14H18ClN3O. The van der Waals surface area contributed by atoms with Gasteiger partial charge in [-0.3, -0.25) is 0 Å². The average molecular weight is 280 g/mol. The maximum atomic E-state index is 5.90. The van der Waals surface area contributed by atoms with Crippen molar-refractivity contribution < 1.29 is 4.52 Å². The van der Waals surface area contributed by atoms with Crippen molar-refractivity contribution in [3.63, 3.8) is 0 Å². The van der Waals surface area contributed by atoms with Crippen LogP contribution in [0.3, 0.4) is 0 Å². The molecule has 1 atom stereocenters. The van der Waals surface area contributed by atoms with Crippen LogP contribution in [-0.2, 0) is 6.42 Å². The summed E-state index contributed by atoms with van der Waals surface area (Å²) in [5.41, 5.74) is 1.24. The van der Waals surface area contributed by atoms with Crippen LogP contribution in [0.15, 0.2) is 28.8 Å². The molecule has 0 amide bonds. The smallest absolute Gasteiger partial charge is 0.227 e. The number of aromatic nitrogens is 2. The number of aryl methyl sites for hydroxylation is 1. The Morgan fingerprint density at radius 2 is 2.05 bits per heavy atom. The normalized spacial score (nSPS) is 12.6. The summed E-state index contributed by atoms with van der Waals surface area (Å²) >= 11 is 5.90. The van der Waals surface area contributed by atoms with Crippen LogP contribution in [0.25, 0.3) is 0 Å². The number of hydrogen-bond donors (Lipinski definition) is 1. The predicted molar refractivity (Wildman–Crippen MR) is 75.2 cm³/mol. The number of benzene rings is 1. The molecule has 0 fully saturated rings. The minimum absolute atomic E-state index is 0.321. The third-order valence-corrected chi connectivity index (χ3v) is 3.23. The topological polar surface area (TPSA) is 51.0 Å². The molecule has 2 rings (SSSR count). The lowest BCUT2D eigenvalue weighted by Gasteiger charge is -2.16. The van der Waals surface area contributed by atoms with E-state index in [2.05, 4.69) is 34.5 Å². The summed E-state index contributed by atoms with van der Waals surface area (Å²) < 4.78 is 5.08. The van der Waals surface area contributed by atoms with Gasteiger partial charge in [-0.2, -0.15) is 4.98 Å². The quantitative estimate of drug-likeness (QED) is 0.881. The third-order valence-electron chi connectivity index (χ3n) is 2.98. The fraction of sp³-hybridized carbons (Fsp3) is 0.429. The second-order valence-electron chi connectivity index (χ2n) is 4.45. The van der Waals surface area contributed by atoms with Crippen molar-refractivity contribution in [2.45, 2.75) is 32.7 Å². The molecule has 1 aromatic carbocycles. The van der Waals surface area contributed by atoms with Crippen LogP contribution in [0.2, 0.25) is 5.02 Å². The van der Waals surface area contributed by atoms with Gasteiger partial charge in [-0.05, 0) is 31.0 Å². The molecule has 1 N–H and O–H groups in total. The van der Waals surface area contributed by atoms with Crippen molar-refractivity contribution >= 4 is 11.6 Å². The molecule has 1 aromatic heterocycles. The van der Waals surface area contributed by atoms with Crippen LogP contribution in [0, 0.1) is 6.92 Å². The Kier molecular flexibility index (Phi) is 4.93. The summed E-state index contributed by atoms with van der Waals surface area (Å²) in [5, 5.41) is 8.03. The molecule has 0 aliphatic rings. The summed E-state index contributed by atoms with van der Waals surface area (Å²) in [5.74, 6) is 1.36. The zero-order chi connectivity index (χ0) is 13.7. The highest BCUT2D eigenvalue weighted by Crippen LogP contribution is 2.19. The number of nitrogens with one attached hydrogen (secondary N) is 1. The molecule has 2 aromatic rings. The molecule has 5 heteroatoms. The highest BCUT2D eigenvalue weighted by molar-refractivity contribution is 6.30. The fourth-order valence-electron chi connectivity index (χ4n) is 1.99. The second kappa shape index (κ2) is 6.68. The molecule has 0 aliphatic carbocycles. The molecule has 1 heterocycles. The molecule has 0 saturated heterocycles. The number of halogens is 1. The van der Waals surface area contributed by atoms with Crippen molar-refractivity contribution in [1.29, 1.82) is 0 Å². The summed E-state index contributed by atoms with van der Waals surface area (Å²) in [7, 11) is 0. The van der Waals surface area contributed by atoms with E-state index in [0.29, 0.717) is 17.8 Å². The summed E-state index contributed by atoms with van der Waals surface area (Å²) in [6.07, 6.45) is 1.76. The van der Waals surface area contributed by atoms with E-state index in [0.717, 1.165) is 24.4 Å². The molecule has 0 spiro atoms. The van der Waals surface area contributed by atoms with Crippen LogP contribution in [0.4, 0.5) is 0 Å². The van der Waals surface area contributed by atoms with E-state index < -0.39 is 0 Å². The van der Waals surface area contributed by atoms with Crippen LogP contribution in [0.5, 0.6) is 0 Å². The van der Waals surface area contributed by atoms with E-state index in [1.54, 1.807) is 0 Å². The van der Waals surface area contributed by atoms with Crippen LogP contribution >= 0.6 is 11.6 Å². The van der Waals surface area contributed by atoms with Crippen molar-refractivity contribution in [3.05, 3.63) is 46.6 Å². The molecule has 0 saturated carbocycles. The molecule has 0 bridgehead atoms. The lowest BCUT2D eigenvalue weighted by Crippen LogP contribution is -2.23. The van der Waals surface area contributed by atoms with Gasteiger partial charge in [0.25, 0.3) is 0 Å². The van der Waals surface area contributed by atoms with Crippen molar-refractivity contribution in [2.24, 2.45) is 0 Å². The van der Waals surface area contributed by atoms with E-state index in [9.17, 15) is 0 Å². The Bertz CT molecular complexity index is 510. The Labute approximate surface area is 118 Å². The largest absolute Gasteiger partial charge is 0.339 e. The average Bonchev–Trinajstić information content (AvgIpc) is 2.82. The van der Waals surface area contributed by atoms with Crippen LogP contribution in [-0.4, -0.2) is 16.7 Å². The first-order valence-electron chi connectivity index (χ1n) is 6.47. The number of rotatable bonds is 6. The fourth-order valence-corrected chi connectivity index (χ4v) is 2.11. The van der Waals surface area contributed by atoms with Gasteiger partial charge in [0.2, 0.25) is 5.89 Å². The van der Waals surface area contributed by atoms with Gasteiger partial charge in [0, 0.05) is 24.0 Å². The second-order valence-corrected chi connectivity index (χ2v) is 4.89. The van der Waals surface area contributed by atoms with Crippen LogP contribution < -0.4 is 5.32 Å². The van der Waals surface area contributed by atoms with E-state index >= 15 is 0 Å². The van der Waals surface area contributed by atoms with Gasteiger partial charge < -0.3 is 9.84 Å². The first-order valence-corrected chi connectivity index (χ1v) is 6.85. The lowest BCUT2D eigenvalue weighted by molar-refractivity contribution is 0.368. The first-order chi connectivity index (χ1) is 9.19. The Balaban J connectivity index is 1.87. The summed E-state index contributed by atoms with van der Waals surface area (Å²) in [6, 6.07) is 8.27. The minimum atomic E-state index is 0.321. The maximum absolute atomic E-state index is 5.90. The van der Waals surface area contributed by atoms with Crippen molar-refractivity contribution in [1.82, 2.24) is 15.5 Å². The van der Waals surface area contributed by atoms with Crippen molar-refractivity contribution in [2.75, 3.05) is 6.54 Å². The van der Waals surface area contributed by atoms with E-state index in [4.69, 9.17) is 16.1 Å². The highest BCUT2D eigenvalue weighted by atomic mass is 35.5. The lowest BCUT2D eigenvalue weighted by atomic mass is 10.0. The molecular weight excluding hydrogens is 262 g/mol. The Morgan fingerprint density at radius 1 is 1.32 bits per heavy atom. The van der Waals surface area contributed by atoms with E-state index in [1.165, 1.54) is 5.56 Å². The molecule has 19 heavy (non-hydrogen) atoms. The zero-order valence-electron chi connectivity index (χ0n) is 11.2. The molecule has 0 aliphatic heterocycles. The van der Waals surface area contributed by atoms with Gasteiger partial charge in [-0.15, -0.1) is 0 Å². The SMILES string of the molecule is CCC(NCCc1nc(C)no1)c1ccc(Cl)cc1. The summed E-state index contributed by atoms with van der Waals surface area (Å²) in [6.45, 7) is 4.79. The standard InChI is InChI=1S/C14H18ClN3O/c1-3-13(11-4-6-12(15)7-5-11)16-9-8-14-17-10(2)18-19-14/h4-7,13,16H,3,8-9H2,1-2H3. The maximum Gasteiger partial charge on any atom is 0.227 e. The summed E-state index contributed by atoms with van der Waals surface area (Å²) in [4.78, 5) is 4.18. The minimum Gasteiger partial charge on any atom is -0.339 e. The van der Waals surface area contributed by atoms with Gasteiger partial charge in [0.15, 0.2) is 5.82 Å². The third kappa shape index (κ3) is 4.04. The Morgan fingerprint density at radius 3 is 2.63 bits per heavy atom. The molecule has 0 radical (unpaired) electrons. The number of nitrogens with zero attached hydrogens (tertiary/aromatic N) is 2. The van der Waals surface area contributed by atoms with Gasteiger partial charge in [0.1, 0.15) is 0 Å². The molecule has 1 unspecified atom stereocenters. The van der Waals surface area contributed by atoms with Crippen LogP contribution in [0.1, 0.15) is 36.7 Å². The van der Waals surface area contributed by atoms with Gasteiger partial charge in [0.05, 0.1) is 0 Å². The molecule has 4 nitrogen and oxygen atoms in total. The Hall–Kier alpha value is -1.39. The predicted octanol–water partition coefficient (Wildman–Crippen LogP) is 3.31. The van der Waals surface area contributed by atoms with E-state index in [-0.39, 0.29) is 0 Å². The van der Waals surface area contributed by atoms with Gasteiger partial charge in [-0.25, -0.2) is 0 Å². The molecule has 102 valence electrons. The number of hydrogen-bond acceptors (Lipinski definition) is 4.